The normalized spacial score (nSPS) is 10.9. The first-order chi connectivity index (χ1) is 15.9. The molecule has 1 N–H and O–H groups in total. The van der Waals surface area contributed by atoms with Crippen molar-refractivity contribution < 1.29 is 4.79 Å². The first-order valence-corrected chi connectivity index (χ1v) is 11.8. The van der Waals surface area contributed by atoms with Gasteiger partial charge < -0.3 is 5.32 Å². The highest BCUT2D eigenvalue weighted by molar-refractivity contribution is 7.98. The molecule has 8 heteroatoms. The third-order valence-corrected chi connectivity index (χ3v) is 6.06. The molecule has 0 unspecified atom stereocenters. The van der Waals surface area contributed by atoms with Gasteiger partial charge in [-0.05, 0) is 57.0 Å². The van der Waals surface area contributed by atoms with Crippen molar-refractivity contribution in [2.24, 2.45) is 0 Å². The summed E-state index contributed by atoms with van der Waals surface area (Å²) in [6, 6.07) is 17.7. The number of aromatic nitrogens is 5. The topological polar surface area (TPSA) is 85.6 Å². The zero-order valence-electron chi connectivity index (χ0n) is 19.2. The van der Waals surface area contributed by atoms with Gasteiger partial charge >= 0.3 is 0 Å². The van der Waals surface area contributed by atoms with Gasteiger partial charge in [-0.2, -0.15) is 0 Å². The van der Waals surface area contributed by atoms with Gasteiger partial charge in [0.05, 0.1) is 11.4 Å². The molecule has 0 spiro atoms. The Kier molecular flexibility index (Phi) is 6.84. The summed E-state index contributed by atoms with van der Waals surface area (Å²) < 4.78 is 1.72. The Morgan fingerprint density at radius 3 is 2.39 bits per heavy atom. The lowest BCUT2D eigenvalue weighted by Gasteiger charge is -2.11. The summed E-state index contributed by atoms with van der Waals surface area (Å²) in [6.07, 6.45) is 0.819. The van der Waals surface area contributed by atoms with Crippen LogP contribution in [0.5, 0.6) is 0 Å². The molecular formula is C25H26N6OS. The molecule has 0 aliphatic carbocycles. The van der Waals surface area contributed by atoms with Gasteiger partial charge in [0.15, 0.2) is 10.9 Å². The second kappa shape index (κ2) is 9.95. The number of aryl methyl sites for hydroxylation is 4. The molecule has 33 heavy (non-hydrogen) atoms. The Bertz CT molecular complexity index is 1260. The smallest absolute Gasteiger partial charge is 0.278 e. The fraction of sp³-hybridized carbons (Fsp3) is 0.240. The number of rotatable bonds is 7. The van der Waals surface area contributed by atoms with Crippen LogP contribution >= 0.6 is 11.8 Å². The molecule has 4 rings (SSSR count). The van der Waals surface area contributed by atoms with Crippen LogP contribution in [0.2, 0.25) is 0 Å². The summed E-state index contributed by atoms with van der Waals surface area (Å²) in [5.74, 6) is 0.160. The number of para-hydroxylation sites is 1. The van der Waals surface area contributed by atoms with Gasteiger partial charge in [-0.1, -0.05) is 59.8 Å². The number of amides is 1. The minimum Gasteiger partial charge on any atom is -0.320 e. The van der Waals surface area contributed by atoms with Crippen molar-refractivity contribution in [3.05, 3.63) is 88.5 Å². The third kappa shape index (κ3) is 5.28. The van der Waals surface area contributed by atoms with Gasteiger partial charge in [0.1, 0.15) is 0 Å². The number of nitrogens with one attached hydrogen (secondary N) is 1. The molecule has 0 atom stereocenters. The first kappa shape index (κ1) is 22.7. The molecule has 1 amide bonds. The zero-order valence-corrected chi connectivity index (χ0v) is 20.0. The standard InChI is InChI=1S/C25H26N6OS/c1-5-19-8-6-7-9-21(19)28-24(32)23-22(15-33-25-26-17(3)14-18(4)27-25)31(30-29-23)20-12-10-16(2)11-13-20/h6-14H,5,15H2,1-4H3,(H,28,32). The van der Waals surface area contributed by atoms with E-state index in [1.807, 2.05) is 75.4 Å². The van der Waals surface area contributed by atoms with Gasteiger partial charge in [-0.25, -0.2) is 14.6 Å². The summed E-state index contributed by atoms with van der Waals surface area (Å²) in [7, 11) is 0. The highest BCUT2D eigenvalue weighted by atomic mass is 32.2. The predicted octanol–water partition coefficient (Wildman–Crippen LogP) is 5.09. The van der Waals surface area contributed by atoms with Crippen LogP contribution in [-0.4, -0.2) is 30.9 Å². The summed E-state index contributed by atoms with van der Waals surface area (Å²) in [5, 5.41) is 12.3. The first-order valence-electron chi connectivity index (χ1n) is 10.8. The van der Waals surface area contributed by atoms with Crippen LogP contribution in [0.4, 0.5) is 5.69 Å². The minimum atomic E-state index is -0.286. The van der Waals surface area contributed by atoms with Crippen molar-refractivity contribution in [3.8, 4) is 5.69 Å². The van der Waals surface area contributed by atoms with Gasteiger partial charge in [-0.15, -0.1) is 5.10 Å². The quantitative estimate of drug-likeness (QED) is 0.307. The lowest BCUT2D eigenvalue weighted by atomic mass is 10.1. The molecule has 2 aromatic carbocycles. The number of thioether (sulfide) groups is 1. The molecule has 168 valence electrons. The molecule has 0 fully saturated rings. The Morgan fingerprint density at radius 1 is 1.00 bits per heavy atom. The average Bonchev–Trinajstić information content (AvgIpc) is 3.22. The molecular weight excluding hydrogens is 432 g/mol. The molecule has 0 saturated heterocycles. The highest BCUT2D eigenvalue weighted by Crippen LogP contribution is 2.25. The van der Waals surface area contributed by atoms with Crippen LogP contribution in [0.15, 0.2) is 59.8 Å². The van der Waals surface area contributed by atoms with Gasteiger partial charge in [0.25, 0.3) is 5.91 Å². The minimum absolute atomic E-state index is 0.286. The Labute approximate surface area is 197 Å². The Hall–Kier alpha value is -3.52. The van der Waals surface area contributed by atoms with E-state index in [9.17, 15) is 4.79 Å². The van der Waals surface area contributed by atoms with Crippen molar-refractivity contribution in [1.82, 2.24) is 25.0 Å². The maximum atomic E-state index is 13.3. The Balaban J connectivity index is 1.68. The van der Waals surface area contributed by atoms with Crippen LogP contribution < -0.4 is 5.32 Å². The van der Waals surface area contributed by atoms with E-state index >= 15 is 0 Å². The maximum Gasteiger partial charge on any atom is 0.278 e. The molecule has 0 bridgehead atoms. The summed E-state index contributed by atoms with van der Waals surface area (Å²) in [4.78, 5) is 22.3. The van der Waals surface area contributed by atoms with E-state index in [2.05, 4.69) is 32.5 Å². The van der Waals surface area contributed by atoms with Crippen LogP contribution in [-0.2, 0) is 12.2 Å². The summed E-state index contributed by atoms with van der Waals surface area (Å²) in [5.41, 5.74) is 6.64. The van der Waals surface area contributed by atoms with E-state index in [-0.39, 0.29) is 5.91 Å². The molecule has 0 radical (unpaired) electrons. The molecule has 2 aromatic heterocycles. The second-order valence-corrected chi connectivity index (χ2v) is 8.76. The summed E-state index contributed by atoms with van der Waals surface area (Å²) >= 11 is 1.46. The molecule has 0 saturated carbocycles. The zero-order chi connectivity index (χ0) is 23.4. The molecule has 0 aliphatic heterocycles. The SMILES string of the molecule is CCc1ccccc1NC(=O)c1nnn(-c2ccc(C)cc2)c1CSc1nc(C)cc(C)n1. The van der Waals surface area contributed by atoms with E-state index in [4.69, 9.17) is 0 Å². The van der Waals surface area contributed by atoms with Gasteiger partial charge in [-0.3, -0.25) is 4.79 Å². The molecule has 7 nitrogen and oxygen atoms in total. The molecule has 0 aliphatic rings. The van der Waals surface area contributed by atoms with Crippen molar-refractivity contribution in [1.29, 1.82) is 0 Å². The van der Waals surface area contributed by atoms with E-state index < -0.39 is 0 Å². The van der Waals surface area contributed by atoms with Crippen LogP contribution in [0.25, 0.3) is 5.69 Å². The number of anilines is 1. The third-order valence-electron chi connectivity index (χ3n) is 5.20. The van der Waals surface area contributed by atoms with Crippen molar-refractivity contribution in [2.45, 2.75) is 45.0 Å². The lowest BCUT2D eigenvalue weighted by molar-refractivity contribution is 0.102. The fourth-order valence-electron chi connectivity index (χ4n) is 3.52. The monoisotopic (exact) mass is 458 g/mol. The number of nitrogens with zero attached hydrogens (tertiary/aromatic N) is 5. The van der Waals surface area contributed by atoms with Gasteiger partial charge in [0.2, 0.25) is 0 Å². The van der Waals surface area contributed by atoms with Crippen molar-refractivity contribution in [2.75, 3.05) is 5.32 Å². The predicted molar refractivity (Wildman–Crippen MR) is 131 cm³/mol. The molecule has 4 aromatic rings. The number of carbonyl (C=O) groups excluding carboxylic acids is 1. The maximum absolute atomic E-state index is 13.3. The van der Waals surface area contributed by atoms with Gasteiger partial charge in [0, 0.05) is 22.8 Å². The van der Waals surface area contributed by atoms with Crippen LogP contribution in [0.3, 0.4) is 0 Å². The highest BCUT2D eigenvalue weighted by Gasteiger charge is 2.22. The van der Waals surface area contributed by atoms with E-state index in [0.29, 0.717) is 22.3 Å². The van der Waals surface area contributed by atoms with Crippen molar-refractivity contribution in [3.63, 3.8) is 0 Å². The Morgan fingerprint density at radius 2 is 1.70 bits per heavy atom. The average molecular weight is 459 g/mol. The number of hydrogen-bond donors (Lipinski definition) is 1. The molecule has 2 heterocycles. The van der Waals surface area contributed by atoms with E-state index in [0.717, 1.165) is 40.3 Å². The lowest BCUT2D eigenvalue weighted by Crippen LogP contribution is -2.16. The second-order valence-electron chi connectivity index (χ2n) is 7.82. The number of carbonyl (C=O) groups is 1. The largest absolute Gasteiger partial charge is 0.320 e. The number of hydrogen-bond acceptors (Lipinski definition) is 6. The van der Waals surface area contributed by atoms with Crippen molar-refractivity contribution >= 4 is 23.4 Å². The summed E-state index contributed by atoms with van der Waals surface area (Å²) in [6.45, 7) is 7.98. The fourth-order valence-corrected chi connectivity index (χ4v) is 4.47. The van der Waals surface area contributed by atoms with E-state index in [1.54, 1.807) is 4.68 Å². The van der Waals surface area contributed by atoms with Crippen LogP contribution in [0.1, 0.15) is 45.6 Å². The van der Waals surface area contributed by atoms with Crippen LogP contribution in [0, 0.1) is 20.8 Å². The number of benzene rings is 2. The van der Waals surface area contributed by atoms with E-state index in [1.165, 1.54) is 11.8 Å².